The van der Waals surface area contributed by atoms with E-state index in [4.69, 9.17) is 0 Å². The molecule has 0 unspecified atom stereocenters. The monoisotopic (exact) mass is 368 g/mol. The summed E-state index contributed by atoms with van der Waals surface area (Å²) in [7, 11) is 0. The van der Waals surface area contributed by atoms with Crippen molar-refractivity contribution in [3.05, 3.63) is 28.2 Å². The van der Waals surface area contributed by atoms with E-state index in [1.807, 2.05) is 19.1 Å². The number of carbonyl (C=O) groups is 2. The molecule has 0 aliphatic heterocycles. The quantitative estimate of drug-likeness (QED) is 0.735. The van der Waals surface area contributed by atoms with Crippen LogP contribution in [0.1, 0.15) is 45.1 Å². The van der Waals surface area contributed by atoms with Gasteiger partial charge < -0.3 is 10.2 Å². The second kappa shape index (κ2) is 9.62. The van der Waals surface area contributed by atoms with Gasteiger partial charge in [-0.3, -0.25) is 9.59 Å². The van der Waals surface area contributed by atoms with Crippen LogP contribution >= 0.6 is 15.9 Å². The Morgan fingerprint density at radius 3 is 2.23 bits per heavy atom. The Labute approximate surface area is 141 Å². The first-order valence-corrected chi connectivity index (χ1v) is 8.65. The molecule has 2 amide bonds. The summed E-state index contributed by atoms with van der Waals surface area (Å²) in [5, 5.41) is 2.72. The molecule has 0 aliphatic rings. The van der Waals surface area contributed by atoms with Crippen LogP contribution < -0.4 is 5.32 Å². The maximum absolute atomic E-state index is 12.3. The van der Waals surface area contributed by atoms with Crippen LogP contribution in [0.2, 0.25) is 0 Å². The average molecular weight is 369 g/mol. The summed E-state index contributed by atoms with van der Waals surface area (Å²) in [5.41, 5.74) is 1.59. The Hall–Kier alpha value is -1.36. The smallest absolute Gasteiger partial charge is 0.313 e. The summed E-state index contributed by atoms with van der Waals surface area (Å²) in [6, 6.07) is 5.55. The third-order valence-electron chi connectivity index (χ3n) is 3.48. The molecule has 122 valence electrons. The van der Waals surface area contributed by atoms with E-state index in [1.54, 1.807) is 11.0 Å². The maximum Gasteiger partial charge on any atom is 0.313 e. The standard InChI is InChI=1S/C17H25BrN2O2/c1-4-6-10-20(11-7-5-2)17(22)16(21)19-15-9-8-14(18)12-13(15)3/h8-9,12H,4-7,10-11H2,1-3H3,(H,19,21). The van der Waals surface area contributed by atoms with Gasteiger partial charge in [-0.15, -0.1) is 0 Å². The van der Waals surface area contributed by atoms with Crippen molar-refractivity contribution in [2.24, 2.45) is 0 Å². The SMILES string of the molecule is CCCCN(CCCC)C(=O)C(=O)Nc1ccc(Br)cc1C. The highest BCUT2D eigenvalue weighted by Crippen LogP contribution is 2.20. The molecule has 0 saturated heterocycles. The number of rotatable bonds is 7. The number of hydrogen-bond acceptors (Lipinski definition) is 2. The summed E-state index contributed by atoms with van der Waals surface area (Å²) in [6.45, 7) is 7.34. The molecule has 0 saturated carbocycles. The lowest BCUT2D eigenvalue weighted by molar-refractivity contribution is -0.143. The van der Waals surface area contributed by atoms with Crippen molar-refractivity contribution in [2.75, 3.05) is 18.4 Å². The third kappa shape index (κ3) is 5.79. The number of amides is 2. The van der Waals surface area contributed by atoms with Crippen molar-refractivity contribution in [1.82, 2.24) is 4.90 Å². The molecular formula is C17H25BrN2O2. The van der Waals surface area contributed by atoms with E-state index < -0.39 is 11.8 Å². The largest absolute Gasteiger partial charge is 0.334 e. The molecule has 0 heterocycles. The second-order valence-electron chi connectivity index (χ2n) is 5.41. The fraction of sp³-hybridized carbons (Fsp3) is 0.529. The molecule has 0 atom stereocenters. The number of halogens is 1. The zero-order valence-electron chi connectivity index (χ0n) is 13.6. The fourth-order valence-electron chi connectivity index (χ4n) is 2.10. The van der Waals surface area contributed by atoms with Crippen LogP contribution in [0.25, 0.3) is 0 Å². The lowest BCUT2D eigenvalue weighted by Gasteiger charge is -2.22. The highest BCUT2D eigenvalue weighted by molar-refractivity contribution is 9.10. The van der Waals surface area contributed by atoms with Crippen LogP contribution in [-0.2, 0) is 9.59 Å². The summed E-state index contributed by atoms with van der Waals surface area (Å²) < 4.78 is 0.946. The van der Waals surface area contributed by atoms with Gasteiger partial charge in [0.2, 0.25) is 0 Å². The lowest BCUT2D eigenvalue weighted by Crippen LogP contribution is -2.41. The Morgan fingerprint density at radius 2 is 1.73 bits per heavy atom. The van der Waals surface area contributed by atoms with E-state index in [-0.39, 0.29) is 0 Å². The molecule has 0 fully saturated rings. The number of nitrogens with zero attached hydrogens (tertiary/aromatic N) is 1. The lowest BCUT2D eigenvalue weighted by atomic mass is 10.2. The molecule has 0 bridgehead atoms. The number of aryl methyl sites for hydroxylation is 1. The topological polar surface area (TPSA) is 49.4 Å². The summed E-state index contributed by atoms with van der Waals surface area (Å²) in [6.07, 6.45) is 3.84. The van der Waals surface area contributed by atoms with E-state index in [1.165, 1.54) is 0 Å². The van der Waals surface area contributed by atoms with E-state index in [9.17, 15) is 9.59 Å². The van der Waals surface area contributed by atoms with Gasteiger partial charge in [0, 0.05) is 23.2 Å². The van der Waals surface area contributed by atoms with Crippen LogP contribution in [0.15, 0.2) is 22.7 Å². The van der Waals surface area contributed by atoms with Crippen molar-refractivity contribution in [2.45, 2.75) is 46.5 Å². The summed E-state index contributed by atoms with van der Waals surface area (Å²) in [5.74, 6) is -0.998. The van der Waals surface area contributed by atoms with Gasteiger partial charge in [0.25, 0.3) is 0 Å². The fourth-order valence-corrected chi connectivity index (χ4v) is 2.58. The highest BCUT2D eigenvalue weighted by Gasteiger charge is 2.21. The average Bonchev–Trinajstić information content (AvgIpc) is 2.49. The van der Waals surface area contributed by atoms with E-state index in [0.29, 0.717) is 18.8 Å². The normalized spacial score (nSPS) is 10.4. The third-order valence-corrected chi connectivity index (χ3v) is 3.97. The Kier molecular flexibility index (Phi) is 8.17. The molecule has 0 spiro atoms. The van der Waals surface area contributed by atoms with Gasteiger partial charge in [-0.2, -0.15) is 0 Å². The molecule has 22 heavy (non-hydrogen) atoms. The molecule has 1 rings (SSSR count). The number of nitrogens with one attached hydrogen (secondary N) is 1. The van der Waals surface area contributed by atoms with Crippen molar-refractivity contribution in [3.8, 4) is 0 Å². The minimum Gasteiger partial charge on any atom is -0.334 e. The predicted octanol–water partition coefficient (Wildman–Crippen LogP) is 4.12. The zero-order valence-corrected chi connectivity index (χ0v) is 15.2. The minimum absolute atomic E-state index is 0.441. The Morgan fingerprint density at radius 1 is 1.14 bits per heavy atom. The van der Waals surface area contributed by atoms with Crippen molar-refractivity contribution in [3.63, 3.8) is 0 Å². The maximum atomic E-state index is 12.3. The summed E-state index contributed by atoms with van der Waals surface area (Å²) in [4.78, 5) is 26.2. The van der Waals surface area contributed by atoms with Gasteiger partial charge >= 0.3 is 11.8 Å². The van der Waals surface area contributed by atoms with Gasteiger partial charge in [-0.05, 0) is 43.5 Å². The Bertz CT molecular complexity index is 509. The van der Waals surface area contributed by atoms with Gasteiger partial charge in [0.15, 0.2) is 0 Å². The van der Waals surface area contributed by atoms with Crippen molar-refractivity contribution in [1.29, 1.82) is 0 Å². The molecule has 0 aliphatic carbocycles. The van der Waals surface area contributed by atoms with E-state index in [0.717, 1.165) is 35.7 Å². The van der Waals surface area contributed by atoms with Gasteiger partial charge in [0.1, 0.15) is 0 Å². The van der Waals surface area contributed by atoms with Gasteiger partial charge in [-0.1, -0.05) is 42.6 Å². The number of unbranched alkanes of at least 4 members (excludes halogenated alkanes) is 2. The highest BCUT2D eigenvalue weighted by atomic mass is 79.9. The molecule has 1 N–H and O–H groups in total. The van der Waals surface area contributed by atoms with Crippen LogP contribution in [0.3, 0.4) is 0 Å². The molecule has 1 aromatic carbocycles. The second-order valence-corrected chi connectivity index (χ2v) is 6.33. The van der Waals surface area contributed by atoms with Crippen LogP contribution in [-0.4, -0.2) is 29.8 Å². The number of hydrogen-bond donors (Lipinski definition) is 1. The molecular weight excluding hydrogens is 344 g/mol. The molecule has 0 aromatic heterocycles. The predicted molar refractivity (Wildman–Crippen MR) is 93.9 cm³/mol. The molecule has 4 nitrogen and oxygen atoms in total. The molecule has 1 aromatic rings. The molecule has 5 heteroatoms. The van der Waals surface area contributed by atoms with Crippen LogP contribution in [0.4, 0.5) is 5.69 Å². The first-order valence-electron chi connectivity index (χ1n) is 7.86. The minimum atomic E-state index is -0.558. The van der Waals surface area contributed by atoms with Crippen molar-refractivity contribution < 1.29 is 9.59 Å². The summed E-state index contributed by atoms with van der Waals surface area (Å²) >= 11 is 3.38. The van der Waals surface area contributed by atoms with Gasteiger partial charge in [0.05, 0.1) is 0 Å². The van der Waals surface area contributed by atoms with E-state index in [2.05, 4.69) is 35.1 Å². The number of anilines is 1. The number of carbonyl (C=O) groups excluding carboxylic acids is 2. The van der Waals surface area contributed by atoms with Gasteiger partial charge in [-0.25, -0.2) is 0 Å². The van der Waals surface area contributed by atoms with Crippen LogP contribution in [0, 0.1) is 6.92 Å². The van der Waals surface area contributed by atoms with Crippen LogP contribution in [0.5, 0.6) is 0 Å². The van der Waals surface area contributed by atoms with Crippen molar-refractivity contribution >= 4 is 33.4 Å². The van der Waals surface area contributed by atoms with E-state index >= 15 is 0 Å². The molecule has 0 radical (unpaired) electrons. The number of benzene rings is 1. The zero-order chi connectivity index (χ0) is 16.5. The first kappa shape index (κ1) is 18.7. The Balaban J connectivity index is 2.73. The first-order chi connectivity index (χ1) is 10.5.